The lowest BCUT2D eigenvalue weighted by Crippen LogP contribution is -2.28. The number of aromatic nitrogens is 1. The number of carbonyl (C=O) groups is 1. The number of hydrazone groups is 1. The van der Waals surface area contributed by atoms with E-state index >= 15 is 0 Å². The average Bonchev–Trinajstić information content (AvgIpc) is 3.46. The second-order valence-electron chi connectivity index (χ2n) is 6.66. The van der Waals surface area contributed by atoms with E-state index < -0.39 is 0 Å². The van der Waals surface area contributed by atoms with Gasteiger partial charge in [-0.2, -0.15) is 10.4 Å². The molecule has 0 N–H and O–H groups in total. The van der Waals surface area contributed by atoms with Crippen molar-refractivity contribution in [3.05, 3.63) is 69.4 Å². The lowest BCUT2D eigenvalue weighted by molar-refractivity contribution is -0.130. The first kappa shape index (κ1) is 19.4. The summed E-state index contributed by atoms with van der Waals surface area (Å²) >= 11 is 2.87. The highest BCUT2D eigenvalue weighted by Gasteiger charge is 2.35. The van der Waals surface area contributed by atoms with Gasteiger partial charge in [-0.15, -0.1) is 11.3 Å². The van der Waals surface area contributed by atoms with Gasteiger partial charge in [-0.1, -0.05) is 17.8 Å². The fraction of sp³-hybridized carbons (Fsp3) is 0.238. The molecule has 1 atom stereocenters. The first-order valence-electron chi connectivity index (χ1n) is 9.04. The lowest BCUT2D eigenvalue weighted by atomic mass is 10.1. The Morgan fingerprint density at radius 1 is 1.41 bits per heavy atom. The molecule has 1 unspecified atom stereocenters. The molecule has 4 rings (SSSR count). The molecule has 1 amide bonds. The van der Waals surface area contributed by atoms with Crippen molar-refractivity contribution in [2.24, 2.45) is 5.10 Å². The number of carbonyl (C=O) groups excluding carboxylic acids is 1. The summed E-state index contributed by atoms with van der Waals surface area (Å²) in [5.74, 6) is 0.705. The van der Waals surface area contributed by atoms with Crippen molar-refractivity contribution >= 4 is 34.7 Å². The first-order valence-corrected chi connectivity index (χ1v) is 10.9. The number of aryl methyl sites for hydroxylation is 2. The number of pyridine rings is 1. The Bertz CT molecular complexity index is 1100. The standard InChI is InChI=1S/C21H18N4O2S2/c1-13-9-14(2)23-21(15(13)11-22)29-12-20(26)25-17(18-5-3-7-27-18)10-16(24-25)19-6-4-8-28-19/h3-9,17H,10,12H2,1-2H3. The SMILES string of the molecule is Cc1cc(C)c(C#N)c(SCC(=O)N2N=C(c3cccs3)CC2c2ccco2)n1. The number of thiophene rings is 1. The van der Waals surface area contributed by atoms with Gasteiger partial charge in [-0.25, -0.2) is 9.99 Å². The predicted molar refractivity (Wildman–Crippen MR) is 113 cm³/mol. The molecule has 146 valence electrons. The fourth-order valence-electron chi connectivity index (χ4n) is 3.27. The maximum Gasteiger partial charge on any atom is 0.253 e. The van der Waals surface area contributed by atoms with E-state index in [1.807, 2.05) is 49.6 Å². The van der Waals surface area contributed by atoms with Crippen LogP contribution in [0, 0.1) is 25.2 Å². The first-order chi connectivity index (χ1) is 14.1. The lowest BCUT2D eigenvalue weighted by Gasteiger charge is -2.19. The van der Waals surface area contributed by atoms with Gasteiger partial charge in [0.2, 0.25) is 0 Å². The van der Waals surface area contributed by atoms with E-state index in [-0.39, 0.29) is 17.7 Å². The fourth-order valence-corrected chi connectivity index (χ4v) is 4.95. The van der Waals surface area contributed by atoms with Crippen molar-refractivity contribution in [3.63, 3.8) is 0 Å². The summed E-state index contributed by atoms with van der Waals surface area (Å²) in [5.41, 5.74) is 3.08. The topological polar surface area (TPSA) is 82.5 Å². The third-order valence-electron chi connectivity index (χ3n) is 4.60. The maximum absolute atomic E-state index is 13.1. The van der Waals surface area contributed by atoms with Crippen molar-refractivity contribution in [1.82, 2.24) is 9.99 Å². The van der Waals surface area contributed by atoms with Crippen LogP contribution in [0.25, 0.3) is 0 Å². The number of hydrogen-bond donors (Lipinski definition) is 0. The van der Waals surface area contributed by atoms with Gasteiger partial charge in [0.25, 0.3) is 5.91 Å². The molecule has 29 heavy (non-hydrogen) atoms. The molecule has 1 aliphatic heterocycles. The van der Waals surface area contributed by atoms with Gasteiger partial charge in [0.1, 0.15) is 22.9 Å². The number of thioether (sulfide) groups is 1. The number of furan rings is 1. The average molecular weight is 423 g/mol. The zero-order chi connectivity index (χ0) is 20.4. The number of amides is 1. The molecule has 0 saturated carbocycles. The second-order valence-corrected chi connectivity index (χ2v) is 8.57. The summed E-state index contributed by atoms with van der Waals surface area (Å²) in [6.45, 7) is 3.76. The molecule has 0 aromatic carbocycles. The Morgan fingerprint density at radius 2 is 2.28 bits per heavy atom. The van der Waals surface area contributed by atoms with E-state index in [9.17, 15) is 10.1 Å². The summed E-state index contributed by atoms with van der Waals surface area (Å²) in [6.07, 6.45) is 2.21. The van der Waals surface area contributed by atoms with Crippen LogP contribution in [-0.4, -0.2) is 27.4 Å². The van der Waals surface area contributed by atoms with Crippen molar-refractivity contribution in [1.29, 1.82) is 5.26 Å². The summed E-state index contributed by atoms with van der Waals surface area (Å²) in [6, 6.07) is 11.5. The van der Waals surface area contributed by atoms with E-state index in [1.165, 1.54) is 16.8 Å². The predicted octanol–water partition coefficient (Wildman–Crippen LogP) is 4.69. The summed E-state index contributed by atoms with van der Waals surface area (Å²) in [4.78, 5) is 18.6. The highest BCUT2D eigenvalue weighted by Crippen LogP contribution is 2.35. The number of nitriles is 1. The van der Waals surface area contributed by atoms with Crippen molar-refractivity contribution in [3.8, 4) is 6.07 Å². The molecule has 6 nitrogen and oxygen atoms in total. The maximum atomic E-state index is 13.1. The summed E-state index contributed by atoms with van der Waals surface area (Å²) in [5, 5.41) is 18.1. The van der Waals surface area contributed by atoms with Gasteiger partial charge in [0.15, 0.2) is 0 Å². The Hall–Kier alpha value is -2.89. The van der Waals surface area contributed by atoms with Gasteiger partial charge in [0.05, 0.1) is 28.2 Å². The molecule has 0 bridgehead atoms. The molecule has 0 radical (unpaired) electrons. The van der Waals surface area contributed by atoms with Crippen LogP contribution in [0.15, 0.2) is 56.5 Å². The smallest absolute Gasteiger partial charge is 0.253 e. The van der Waals surface area contributed by atoms with Crippen LogP contribution < -0.4 is 0 Å². The number of hydrogen-bond acceptors (Lipinski definition) is 7. The molecular formula is C21H18N4O2S2. The zero-order valence-corrected chi connectivity index (χ0v) is 17.6. The van der Waals surface area contributed by atoms with Crippen LogP contribution in [-0.2, 0) is 4.79 Å². The van der Waals surface area contributed by atoms with Gasteiger partial charge in [0, 0.05) is 12.1 Å². The molecule has 3 aromatic rings. The molecule has 3 aromatic heterocycles. The van der Waals surface area contributed by atoms with Crippen LogP contribution in [0.5, 0.6) is 0 Å². The van der Waals surface area contributed by atoms with E-state index in [2.05, 4.69) is 16.2 Å². The second kappa shape index (κ2) is 8.23. The number of nitrogens with zero attached hydrogens (tertiary/aromatic N) is 4. The normalized spacial score (nSPS) is 16.0. The van der Waals surface area contributed by atoms with Gasteiger partial charge in [-0.3, -0.25) is 4.79 Å². The Kier molecular flexibility index (Phi) is 5.51. The number of rotatable bonds is 5. The third kappa shape index (κ3) is 3.97. The minimum absolute atomic E-state index is 0.142. The Morgan fingerprint density at radius 3 is 2.97 bits per heavy atom. The largest absolute Gasteiger partial charge is 0.467 e. The molecule has 0 aliphatic carbocycles. The van der Waals surface area contributed by atoms with Crippen LogP contribution >= 0.6 is 23.1 Å². The van der Waals surface area contributed by atoms with Gasteiger partial charge >= 0.3 is 0 Å². The van der Waals surface area contributed by atoms with E-state index in [4.69, 9.17) is 4.42 Å². The summed E-state index contributed by atoms with van der Waals surface area (Å²) < 4.78 is 5.57. The van der Waals surface area contributed by atoms with Crippen molar-refractivity contribution in [2.75, 3.05) is 5.75 Å². The van der Waals surface area contributed by atoms with Gasteiger partial charge in [-0.05, 0) is 49.1 Å². The molecular weight excluding hydrogens is 404 g/mol. The molecule has 1 aliphatic rings. The minimum atomic E-state index is -0.266. The van der Waals surface area contributed by atoms with E-state index in [0.29, 0.717) is 22.8 Å². The molecule has 0 spiro atoms. The Labute approximate surface area is 176 Å². The zero-order valence-electron chi connectivity index (χ0n) is 16.0. The Balaban J connectivity index is 1.57. The highest BCUT2D eigenvalue weighted by atomic mass is 32.2. The van der Waals surface area contributed by atoms with E-state index in [0.717, 1.165) is 21.8 Å². The van der Waals surface area contributed by atoms with Crippen LogP contribution in [0.3, 0.4) is 0 Å². The minimum Gasteiger partial charge on any atom is -0.467 e. The monoisotopic (exact) mass is 422 g/mol. The van der Waals surface area contributed by atoms with Crippen LogP contribution in [0.4, 0.5) is 0 Å². The molecule has 0 saturated heterocycles. The quantitative estimate of drug-likeness (QED) is 0.557. The highest BCUT2D eigenvalue weighted by molar-refractivity contribution is 8.00. The van der Waals surface area contributed by atoms with Crippen molar-refractivity contribution < 1.29 is 9.21 Å². The molecule has 0 fully saturated rings. The molecule has 8 heteroatoms. The third-order valence-corrected chi connectivity index (χ3v) is 6.48. The summed E-state index contributed by atoms with van der Waals surface area (Å²) in [7, 11) is 0. The van der Waals surface area contributed by atoms with E-state index in [1.54, 1.807) is 17.6 Å². The van der Waals surface area contributed by atoms with Crippen LogP contribution in [0.1, 0.15) is 39.9 Å². The molecule has 4 heterocycles. The van der Waals surface area contributed by atoms with Crippen LogP contribution in [0.2, 0.25) is 0 Å². The van der Waals surface area contributed by atoms with Crippen molar-refractivity contribution in [2.45, 2.75) is 31.3 Å². The van der Waals surface area contributed by atoms with Gasteiger partial charge < -0.3 is 4.42 Å².